The predicted octanol–water partition coefficient (Wildman–Crippen LogP) is 3.12. The van der Waals surface area contributed by atoms with Crippen LogP contribution in [0.2, 0.25) is 0 Å². The minimum atomic E-state index is -3.08. The van der Waals surface area contributed by atoms with Gasteiger partial charge in [-0.05, 0) is 43.7 Å². The third kappa shape index (κ3) is 4.55. The fourth-order valence-electron chi connectivity index (χ4n) is 4.94. The van der Waals surface area contributed by atoms with E-state index in [4.69, 9.17) is 4.98 Å². The van der Waals surface area contributed by atoms with Gasteiger partial charge in [0.05, 0.1) is 29.2 Å². The van der Waals surface area contributed by atoms with Crippen molar-refractivity contribution in [2.75, 3.05) is 23.8 Å². The second-order valence-electron chi connectivity index (χ2n) is 8.83. The van der Waals surface area contributed by atoms with Crippen molar-refractivity contribution in [3.63, 3.8) is 0 Å². The van der Waals surface area contributed by atoms with Crippen LogP contribution < -0.4 is 5.56 Å². The van der Waals surface area contributed by atoms with Crippen molar-refractivity contribution in [1.29, 1.82) is 0 Å². The molecule has 34 heavy (non-hydrogen) atoms. The molecule has 1 aromatic carbocycles. The zero-order valence-electron chi connectivity index (χ0n) is 19.0. The number of hydrogen-bond acceptors (Lipinski definition) is 7. The SMILES string of the molecule is CCN(C(=O)CSc1nc2sc3c(c2c(=O)n1Cc1ccccc1)CCC3)C1CCS(=O)(=O)C1. The number of hydrogen-bond donors (Lipinski definition) is 0. The van der Waals surface area contributed by atoms with Gasteiger partial charge in [0.15, 0.2) is 15.0 Å². The lowest BCUT2D eigenvalue weighted by Crippen LogP contribution is -2.42. The highest BCUT2D eigenvalue weighted by Crippen LogP contribution is 2.35. The van der Waals surface area contributed by atoms with Crippen molar-refractivity contribution >= 4 is 49.1 Å². The molecule has 1 fully saturated rings. The Hall–Kier alpha value is -2.17. The zero-order chi connectivity index (χ0) is 23.9. The van der Waals surface area contributed by atoms with Crippen LogP contribution in [0.5, 0.6) is 0 Å². The summed E-state index contributed by atoms with van der Waals surface area (Å²) in [4.78, 5) is 35.2. The topological polar surface area (TPSA) is 89.3 Å². The van der Waals surface area contributed by atoms with Crippen LogP contribution in [0.3, 0.4) is 0 Å². The Bertz CT molecular complexity index is 1400. The Morgan fingerprint density at radius 2 is 2.06 bits per heavy atom. The maximum absolute atomic E-state index is 13.6. The van der Waals surface area contributed by atoms with E-state index in [1.165, 1.54) is 16.6 Å². The van der Waals surface area contributed by atoms with E-state index < -0.39 is 9.84 Å². The lowest BCUT2D eigenvalue weighted by molar-refractivity contribution is -0.129. The van der Waals surface area contributed by atoms with E-state index in [2.05, 4.69) is 0 Å². The molecule has 3 aromatic rings. The molecule has 7 nitrogen and oxygen atoms in total. The summed E-state index contributed by atoms with van der Waals surface area (Å²) in [6, 6.07) is 9.52. The molecule has 10 heteroatoms. The number of aryl methyl sites for hydroxylation is 2. The first kappa shape index (κ1) is 23.6. The maximum atomic E-state index is 13.6. The summed E-state index contributed by atoms with van der Waals surface area (Å²) in [7, 11) is -3.08. The minimum Gasteiger partial charge on any atom is -0.338 e. The summed E-state index contributed by atoms with van der Waals surface area (Å²) in [5.74, 6) is 0.152. The number of nitrogens with zero attached hydrogens (tertiary/aromatic N) is 3. The number of benzene rings is 1. The smallest absolute Gasteiger partial charge is 0.263 e. The van der Waals surface area contributed by atoms with Gasteiger partial charge < -0.3 is 4.90 Å². The number of sulfone groups is 1. The number of fused-ring (bicyclic) bond motifs is 3. The monoisotopic (exact) mass is 517 g/mol. The molecule has 1 saturated heterocycles. The summed E-state index contributed by atoms with van der Waals surface area (Å²) in [5, 5.41) is 1.26. The van der Waals surface area contributed by atoms with E-state index >= 15 is 0 Å². The first-order chi connectivity index (χ1) is 16.4. The third-order valence-corrected chi connectivity index (χ3v) is 10.5. The van der Waals surface area contributed by atoms with E-state index in [-0.39, 0.29) is 34.8 Å². The second-order valence-corrected chi connectivity index (χ2v) is 13.1. The molecular formula is C24H27N3O4S3. The van der Waals surface area contributed by atoms with Crippen LogP contribution in [0.25, 0.3) is 10.2 Å². The second kappa shape index (κ2) is 9.47. The van der Waals surface area contributed by atoms with E-state index in [0.29, 0.717) is 24.7 Å². The molecule has 5 rings (SSSR count). The fourth-order valence-corrected chi connectivity index (χ4v) is 8.86. The van der Waals surface area contributed by atoms with Gasteiger partial charge in [0.25, 0.3) is 5.56 Å². The highest BCUT2D eigenvalue weighted by Gasteiger charge is 2.34. The van der Waals surface area contributed by atoms with Gasteiger partial charge >= 0.3 is 0 Å². The molecule has 1 aliphatic carbocycles. The molecule has 2 aliphatic rings. The first-order valence-electron chi connectivity index (χ1n) is 11.6. The summed E-state index contributed by atoms with van der Waals surface area (Å²) in [5.41, 5.74) is 2.10. The Balaban J connectivity index is 1.45. The average Bonchev–Trinajstić information content (AvgIpc) is 3.50. The third-order valence-electron chi connectivity index (χ3n) is 6.61. The fraction of sp³-hybridized carbons (Fsp3) is 0.458. The number of amides is 1. The van der Waals surface area contributed by atoms with Gasteiger partial charge in [0.2, 0.25) is 5.91 Å². The molecule has 0 radical (unpaired) electrons. The summed E-state index contributed by atoms with van der Waals surface area (Å²) >= 11 is 2.86. The minimum absolute atomic E-state index is 0.0287. The summed E-state index contributed by atoms with van der Waals surface area (Å²) in [6.07, 6.45) is 3.46. The quantitative estimate of drug-likeness (QED) is 0.353. The van der Waals surface area contributed by atoms with E-state index in [9.17, 15) is 18.0 Å². The maximum Gasteiger partial charge on any atom is 0.263 e. The number of carbonyl (C=O) groups excluding carboxylic acids is 1. The highest BCUT2D eigenvalue weighted by molar-refractivity contribution is 7.99. The summed E-state index contributed by atoms with van der Waals surface area (Å²) in [6.45, 7) is 2.72. The van der Waals surface area contributed by atoms with Gasteiger partial charge in [0, 0.05) is 17.5 Å². The lowest BCUT2D eigenvalue weighted by atomic mass is 10.2. The number of thioether (sulfide) groups is 1. The van der Waals surface area contributed by atoms with E-state index in [1.54, 1.807) is 20.8 Å². The van der Waals surface area contributed by atoms with Gasteiger partial charge in [-0.25, -0.2) is 13.4 Å². The Morgan fingerprint density at radius 3 is 2.76 bits per heavy atom. The largest absolute Gasteiger partial charge is 0.338 e. The van der Waals surface area contributed by atoms with Crippen LogP contribution in [0.4, 0.5) is 0 Å². The van der Waals surface area contributed by atoms with Crippen LogP contribution >= 0.6 is 23.1 Å². The van der Waals surface area contributed by atoms with Crippen LogP contribution in [0.1, 0.15) is 35.8 Å². The first-order valence-corrected chi connectivity index (χ1v) is 15.2. The van der Waals surface area contributed by atoms with Crippen molar-refractivity contribution in [2.24, 2.45) is 0 Å². The van der Waals surface area contributed by atoms with Crippen molar-refractivity contribution in [3.05, 3.63) is 56.7 Å². The Morgan fingerprint density at radius 1 is 1.26 bits per heavy atom. The molecule has 0 bridgehead atoms. The molecule has 2 aromatic heterocycles. The van der Waals surface area contributed by atoms with Crippen LogP contribution in [0.15, 0.2) is 40.3 Å². The van der Waals surface area contributed by atoms with E-state index in [0.717, 1.165) is 40.6 Å². The predicted molar refractivity (Wildman–Crippen MR) is 137 cm³/mol. The molecule has 0 spiro atoms. The van der Waals surface area contributed by atoms with E-state index in [1.807, 2.05) is 37.3 Å². The van der Waals surface area contributed by atoms with Gasteiger partial charge in [-0.15, -0.1) is 11.3 Å². The molecule has 0 N–H and O–H groups in total. The van der Waals surface area contributed by atoms with Gasteiger partial charge in [-0.2, -0.15) is 0 Å². The van der Waals surface area contributed by atoms with Gasteiger partial charge in [-0.1, -0.05) is 42.1 Å². The molecule has 0 saturated carbocycles. The number of aromatic nitrogens is 2. The van der Waals surface area contributed by atoms with Crippen LogP contribution in [-0.4, -0.2) is 58.6 Å². The Labute approximate surface area is 207 Å². The van der Waals surface area contributed by atoms with Crippen molar-refractivity contribution in [3.8, 4) is 0 Å². The molecule has 1 amide bonds. The van der Waals surface area contributed by atoms with Crippen molar-refractivity contribution < 1.29 is 13.2 Å². The van der Waals surface area contributed by atoms with Gasteiger partial charge in [-0.3, -0.25) is 14.2 Å². The van der Waals surface area contributed by atoms with Crippen LogP contribution in [-0.2, 0) is 34.0 Å². The number of rotatable bonds is 7. The molecule has 1 atom stereocenters. The molecular weight excluding hydrogens is 490 g/mol. The number of thiophene rings is 1. The van der Waals surface area contributed by atoms with Crippen LogP contribution in [0, 0.1) is 0 Å². The Kier molecular flexibility index (Phi) is 6.56. The lowest BCUT2D eigenvalue weighted by Gasteiger charge is -2.26. The van der Waals surface area contributed by atoms with Gasteiger partial charge in [0.1, 0.15) is 4.83 Å². The zero-order valence-corrected chi connectivity index (χ0v) is 21.5. The molecule has 180 valence electrons. The molecule has 1 aliphatic heterocycles. The summed E-state index contributed by atoms with van der Waals surface area (Å²) < 4.78 is 25.5. The van der Waals surface area contributed by atoms with Crippen molar-refractivity contribution in [2.45, 2.75) is 50.4 Å². The molecule has 1 unspecified atom stereocenters. The normalized spacial score (nSPS) is 18.9. The standard InChI is InChI=1S/C24H27N3O4S3/c1-2-26(17-11-12-34(30,31)15-17)20(28)14-32-24-25-22-21(18-9-6-10-19(18)33-22)23(29)27(24)13-16-7-4-3-5-8-16/h3-5,7-8,17H,2,6,9-15H2,1H3. The number of carbonyl (C=O) groups is 1. The average molecular weight is 518 g/mol. The highest BCUT2D eigenvalue weighted by atomic mass is 32.2. The molecule has 3 heterocycles. The van der Waals surface area contributed by atoms with Crippen molar-refractivity contribution in [1.82, 2.24) is 14.5 Å².